The molecule has 1 aromatic carbocycles. The average molecular weight is 458 g/mol. The van der Waals surface area contributed by atoms with Crippen LogP contribution in [0, 0.1) is 0 Å². The molecule has 166 valence electrons. The lowest BCUT2D eigenvalue weighted by Gasteiger charge is -2.15. The summed E-state index contributed by atoms with van der Waals surface area (Å²) in [4.78, 5) is 9.02. The number of alkyl halides is 6. The highest BCUT2D eigenvalue weighted by Crippen LogP contribution is 2.40. The Morgan fingerprint density at radius 3 is 2.35 bits per heavy atom. The summed E-state index contributed by atoms with van der Waals surface area (Å²) < 4.78 is 79.4. The standard InChI is InChI=1S/C22H20F6N2S/c1-2-3-4-5-6-14-10-12-31-19(14)18-9-11-29-20(30-18)16-8-7-15(21(23,24)25)13-17(16)22(26,27)28/h7-13H,2-6H2,1H3. The predicted molar refractivity (Wildman–Crippen MR) is 109 cm³/mol. The van der Waals surface area contributed by atoms with Gasteiger partial charge in [-0.05, 0) is 54.1 Å². The summed E-state index contributed by atoms with van der Waals surface area (Å²) >= 11 is 1.42. The Morgan fingerprint density at radius 2 is 1.68 bits per heavy atom. The summed E-state index contributed by atoms with van der Waals surface area (Å²) in [5.74, 6) is -0.260. The Bertz CT molecular complexity index is 1020. The van der Waals surface area contributed by atoms with E-state index < -0.39 is 29.0 Å². The first kappa shape index (κ1) is 23.2. The molecule has 0 saturated heterocycles. The second-order valence-corrected chi connectivity index (χ2v) is 8.02. The molecule has 0 spiro atoms. The van der Waals surface area contributed by atoms with E-state index in [2.05, 4.69) is 16.9 Å². The van der Waals surface area contributed by atoms with Gasteiger partial charge in [-0.3, -0.25) is 0 Å². The molecule has 0 amide bonds. The summed E-state index contributed by atoms with van der Waals surface area (Å²) in [6.07, 6.45) is -3.39. The van der Waals surface area contributed by atoms with Crippen molar-refractivity contribution in [2.75, 3.05) is 0 Å². The lowest BCUT2D eigenvalue weighted by Crippen LogP contribution is -2.12. The number of halogens is 6. The second kappa shape index (κ2) is 9.38. The molecular formula is C22H20F6N2S. The van der Waals surface area contributed by atoms with Crippen LogP contribution in [0.2, 0.25) is 0 Å². The molecule has 3 rings (SSSR count). The Balaban J connectivity index is 1.99. The third-order valence-corrected chi connectivity index (χ3v) is 5.81. The van der Waals surface area contributed by atoms with E-state index in [1.807, 2.05) is 11.4 Å². The first-order valence-electron chi connectivity index (χ1n) is 9.80. The van der Waals surface area contributed by atoms with E-state index in [0.717, 1.165) is 48.6 Å². The third-order valence-electron chi connectivity index (χ3n) is 4.83. The summed E-state index contributed by atoms with van der Waals surface area (Å²) in [5.41, 5.74) is -1.76. The number of hydrogen-bond acceptors (Lipinski definition) is 3. The van der Waals surface area contributed by atoms with Gasteiger partial charge in [-0.2, -0.15) is 26.3 Å². The predicted octanol–water partition coefficient (Wildman–Crippen LogP) is 8.03. The van der Waals surface area contributed by atoms with Gasteiger partial charge in [0.2, 0.25) is 0 Å². The summed E-state index contributed by atoms with van der Waals surface area (Å²) in [6.45, 7) is 2.12. The van der Waals surface area contributed by atoms with Crippen LogP contribution in [0.5, 0.6) is 0 Å². The minimum Gasteiger partial charge on any atom is -0.237 e. The smallest absolute Gasteiger partial charge is 0.237 e. The molecule has 9 heteroatoms. The van der Waals surface area contributed by atoms with Crippen molar-refractivity contribution in [3.8, 4) is 22.0 Å². The van der Waals surface area contributed by atoms with Crippen molar-refractivity contribution in [2.45, 2.75) is 51.4 Å². The third kappa shape index (κ3) is 5.64. The molecule has 0 atom stereocenters. The summed E-state index contributed by atoms with van der Waals surface area (Å²) in [5, 5.41) is 1.89. The molecule has 3 aromatic rings. The second-order valence-electron chi connectivity index (χ2n) is 7.11. The van der Waals surface area contributed by atoms with Crippen LogP contribution in [-0.4, -0.2) is 9.97 Å². The van der Waals surface area contributed by atoms with E-state index in [4.69, 9.17) is 0 Å². The fourth-order valence-electron chi connectivity index (χ4n) is 3.26. The Labute approximate surface area is 180 Å². The van der Waals surface area contributed by atoms with Gasteiger partial charge in [0.25, 0.3) is 0 Å². The number of rotatable bonds is 7. The highest BCUT2D eigenvalue weighted by Gasteiger charge is 2.38. The summed E-state index contributed by atoms with van der Waals surface area (Å²) in [7, 11) is 0. The van der Waals surface area contributed by atoms with Gasteiger partial charge in [-0.25, -0.2) is 9.97 Å². The van der Waals surface area contributed by atoms with Crippen LogP contribution >= 0.6 is 11.3 Å². The van der Waals surface area contributed by atoms with Crippen molar-refractivity contribution in [3.05, 3.63) is 58.6 Å². The summed E-state index contributed by atoms with van der Waals surface area (Å²) in [6, 6.07) is 5.07. The monoisotopic (exact) mass is 458 g/mol. The van der Waals surface area contributed by atoms with Crippen molar-refractivity contribution in [2.24, 2.45) is 0 Å². The largest absolute Gasteiger partial charge is 0.417 e. The number of aromatic nitrogens is 2. The average Bonchev–Trinajstić information content (AvgIpc) is 3.18. The molecule has 0 N–H and O–H groups in total. The highest BCUT2D eigenvalue weighted by molar-refractivity contribution is 7.13. The number of thiophene rings is 1. The van der Waals surface area contributed by atoms with Crippen LogP contribution in [0.15, 0.2) is 41.9 Å². The van der Waals surface area contributed by atoms with Crippen molar-refractivity contribution >= 4 is 11.3 Å². The van der Waals surface area contributed by atoms with Gasteiger partial charge in [-0.1, -0.05) is 26.2 Å². The van der Waals surface area contributed by atoms with E-state index >= 15 is 0 Å². The quantitative estimate of drug-likeness (QED) is 0.265. The Kier molecular flexibility index (Phi) is 7.03. The number of unbranched alkanes of at least 4 members (excludes halogenated alkanes) is 3. The number of benzene rings is 1. The van der Waals surface area contributed by atoms with Crippen molar-refractivity contribution < 1.29 is 26.3 Å². The Hall–Kier alpha value is -2.42. The SMILES string of the molecule is CCCCCCc1ccsc1-c1ccnc(-c2ccc(C(F)(F)F)cc2C(F)(F)F)n1. The maximum absolute atomic E-state index is 13.5. The molecule has 0 saturated carbocycles. The zero-order valence-corrected chi connectivity index (χ0v) is 17.5. The number of aryl methyl sites for hydroxylation is 1. The molecule has 0 aliphatic heterocycles. The van der Waals surface area contributed by atoms with Gasteiger partial charge in [0.15, 0.2) is 5.82 Å². The molecule has 2 aromatic heterocycles. The molecule has 0 aliphatic rings. The van der Waals surface area contributed by atoms with Gasteiger partial charge in [0, 0.05) is 11.8 Å². The molecule has 0 fully saturated rings. The molecular weight excluding hydrogens is 438 g/mol. The van der Waals surface area contributed by atoms with Gasteiger partial charge in [0.05, 0.1) is 21.7 Å². The topological polar surface area (TPSA) is 25.8 Å². The fourth-order valence-corrected chi connectivity index (χ4v) is 4.19. The first-order chi connectivity index (χ1) is 14.6. The van der Waals surface area contributed by atoms with E-state index in [0.29, 0.717) is 11.8 Å². The minimum atomic E-state index is -4.98. The van der Waals surface area contributed by atoms with Crippen LogP contribution in [0.4, 0.5) is 26.3 Å². The van der Waals surface area contributed by atoms with Crippen molar-refractivity contribution in [3.63, 3.8) is 0 Å². The maximum atomic E-state index is 13.5. The van der Waals surface area contributed by atoms with Crippen LogP contribution in [0.3, 0.4) is 0 Å². The zero-order valence-electron chi connectivity index (χ0n) is 16.6. The van der Waals surface area contributed by atoms with Gasteiger partial charge in [0.1, 0.15) is 0 Å². The molecule has 0 bridgehead atoms. The zero-order chi connectivity index (χ0) is 22.6. The minimum absolute atomic E-state index is 0.107. The van der Waals surface area contributed by atoms with Crippen LogP contribution in [-0.2, 0) is 18.8 Å². The normalized spacial score (nSPS) is 12.4. The van der Waals surface area contributed by atoms with Gasteiger partial charge in [-0.15, -0.1) is 11.3 Å². The fraction of sp³-hybridized carbons (Fsp3) is 0.364. The maximum Gasteiger partial charge on any atom is 0.417 e. The van der Waals surface area contributed by atoms with E-state index in [-0.39, 0.29) is 11.9 Å². The van der Waals surface area contributed by atoms with Gasteiger partial charge < -0.3 is 0 Å². The van der Waals surface area contributed by atoms with Crippen LogP contribution < -0.4 is 0 Å². The molecule has 31 heavy (non-hydrogen) atoms. The molecule has 2 nitrogen and oxygen atoms in total. The van der Waals surface area contributed by atoms with E-state index in [1.54, 1.807) is 6.07 Å². The van der Waals surface area contributed by atoms with E-state index in [9.17, 15) is 26.3 Å². The molecule has 2 heterocycles. The Morgan fingerprint density at radius 1 is 0.903 bits per heavy atom. The lowest BCUT2D eigenvalue weighted by atomic mass is 10.0. The van der Waals surface area contributed by atoms with Crippen molar-refractivity contribution in [1.29, 1.82) is 0 Å². The highest BCUT2D eigenvalue weighted by atomic mass is 32.1. The first-order valence-corrected chi connectivity index (χ1v) is 10.7. The lowest BCUT2D eigenvalue weighted by molar-refractivity contribution is -0.142. The number of hydrogen-bond donors (Lipinski definition) is 0. The number of nitrogens with zero attached hydrogens (tertiary/aromatic N) is 2. The van der Waals surface area contributed by atoms with E-state index in [1.165, 1.54) is 17.5 Å². The van der Waals surface area contributed by atoms with Crippen LogP contribution in [0.25, 0.3) is 22.0 Å². The molecule has 0 aliphatic carbocycles. The van der Waals surface area contributed by atoms with Crippen LogP contribution in [0.1, 0.15) is 49.3 Å². The van der Waals surface area contributed by atoms with Gasteiger partial charge >= 0.3 is 12.4 Å². The molecule has 0 unspecified atom stereocenters. The molecule has 0 radical (unpaired) electrons. The van der Waals surface area contributed by atoms with Crippen molar-refractivity contribution in [1.82, 2.24) is 9.97 Å².